The first kappa shape index (κ1) is 24.1. The van der Waals surface area contributed by atoms with Gasteiger partial charge in [0.1, 0.15) is 0 Å². The molecule has 0 heteroatoms. The summed E-state index contributed by atoms with van der Waals surface area (Å²) >= 11 is 0. The quantitative estimate of drug-likeness (QED) is 0.301. The number of benzene rings is 2. The first-order valence-corrected chi connectivity index (χ1v) is 13.4. The molecule has 2 aromatic rings. The lowest BCUT2D eigenvalue weighted by molar-refractivity contribution is 0.302. The molecule has 170 valence electrons. The highest BCUT2D eigenvalue weighted by Crippen LogP contribution is 2.39. The molecular weight excluding hydrogens is 372 g/mol. The standard InChI is InChI=1S/C31H46/c1-4-6-8-10-26-12-14-28(15-13-26)16-17-29-20-23-31(25(3)24-29)30-21-18-27(19-22-30)11-9-7-5-2/h12-15,20,23-24,27,30H,4-11,16-19,21-22H2,1-3H3. The van der Waals surface area contributed by atoms with Crippen molar-refractivity contribution >= 4 is 0 Å². The molecule has 0 amide bonds. The molecule has 0 N–H and O–H groups in total. The molecule has 0 bridgehead atoms. The van der Waals surface area contributed by atoms with Gasteiger partial charge in [-0.2, -0.15) is 0 Å². The van der Waals surface area contributed by atoms with Crippen LogP contribution in [0.15, 0.2) is 42.5 Å². The molecule has 0 spiro atoms. The van der Waals surface area contributed by atoms with Crippen LogP contribution in [0.2, 0.25) is 0 Å². The van der Waals surface area contributed by atoms with Gasteiger partial charge in [-0.15, -0.1) is 0 Å². The van der Waals surface area contributed by atoms with Gasteiger partial charge in [0.15, 0.2) is 0 Å². The van der Waals surface area contributed by atoms with Crippen molar-refractivity contribution in [1.82, 2.24) is 0 Å². The van der Waals surface area contributed by atoms with Gasteiger partial charge in [0.2, 0.25) is 0 Å². The predicted molar refractivity (Wildman–Crippen MR) is 137 cm³/mol. The molecule has 0 radical (unpaired) electrons. The molecule has 0 heterocycles. The normalized spacial score (nSPS) is 18.9. The molecule has 0 nitrogen and oxygen atoms in total. The van der Waals surface area contributed by atoms with Crippen molar-refractivity contribution < 1.29 is 0 Å². The molecule has 0 atom stereocenters. The van der Waals surface area contributed by atoms with Crippen molar-refractivity contribution in [3.05, 3.63) is 70.3 Å². The van der Waals surface area contributed by atoms with Gasteiger partial charge in [-0.3, -0.25) is 0 Å². The van der Waals surface area contributed by atoms with Gasteiger partial charge in [0, 0.05) is 0 Å². The lowest BCUT2D eigenvalue weighted by atomic mass is 9.76. The van der Waals surface area contributed by atoms with E-state index in [2.05, 4.69) is 63.2 Å². The van der Waals surface area contributed by atoms with Gasteiger partial charge in [0.25, 0.3) is 0 Å². The second kappa shape index (κ2) is 13.1. The Bertz CT molecular complexity index is 746. The molecule has 2 aromatic carbocycles. The van der Waals surface area contributed by atoms with Crippen LogP contribution in [0.25, 0.3) is 0 Å². The van der Waals surface area contributed by atoms with Crippen LogP contribution >= 0.6 is 0 Å². The molecule has 0 aliphatic heterocycles. The van der Waals surface area contributed by atoms with Crippen molar-refractivity contribution in [2.75, 3.05) is 0 Å². The fraction of sp³-hybridized carbons (Fsp3) is 0.613. The summed E-state index contributed by atoms with van der Waals surface area (Å²) in [5, 5.41) is 0. The average molecular weight is 419 g/mol. The van der Waals surface area contributed by atoms with E-state index in [1.807, 2.05) is 0 Å². The van der Waals surface area contributed by atoms with E-state index < -0.39 is 0 Å². The number of hydrogen-bond acceptors (Lipinski definition) is 0. The Labute approximate surface area is 192 Å². The Kier molecular flexibility index (Phi) is 10.2. The van der Waals surface area contributed by atoms with Gasteiger partial charge in [-0.25, -0.2) is 0 Å². The highest BCUT2D eigenvalue weighted by Gasteiger charge is 2.23. The lowest BCUT2D eigenvalue weighted by Crippen LogP contribution is -2.14. The van der Waals surface area contributed by atoms with E-state index in [9.17, 15) is 0 Å². The molecular formula is C31H46. The van der Waals surface area contributed by atoms with E-state index in [-0.39, 0.29) is 0 Å². The Morgan fingerprint density at radius 3 is 1.87 bits per heavy atom. The molecule has 0 saturated heterocycles. The van der Waals surface area contributed by atoms with Gasteiger partial charge < -0.3 is 0 Å². The third kappa shape index (κ3) is 7.81. The summed E-state index contributed by atoms with van der Waals surface area (Å²) in [6, 6.07) is 16.7. The summed E-state index contributed by atoms with van der Waals surface area (Å²) in [4.78, 5) is 0. The second-order valence-electron chi connectivity index (χ2n) is 10.2. The van der Waals surface area contributed by atoms with E-state index in [1.165, 1.54) is 99.3 Å². The minimum absolute atomic E-state index is 0.803. The highest BCUT2D eigenvalue weighted by atomic mass is 14.3. The van der Waals surface area contributed by atoms with Crippen LogP contribution in [0.3, 0.4) is 0 Å². The Morgan fingerprint density at radius 2 is 1.23 bits per heavy atom. The fourth-order valence-electron chi connectivity index (χ4n) is 5.54. The SMILES string of the molecule is CCCCCc1ccc(CCc2ccc(C3CCC(CCCCC)CC3)c(C)c2)cc1. The number of aryl methyl sites for hydroxylation is 4. The second-order valence-corrected chi connectivity index (χ2v) is 10.2. The summed E-state index contributed by atoms with van der Waals surface area (Å²) in [6.07, 6.45) is 18.9. The Morgan fingerprint density at radius 1 is 0.645 bits per heavy atom. The molecule has 3 rings (SSSR count). The maximum atomic E-state index is 2.47. The lowest BCUT2D eigenvalue weighted by Gasteiger charge is -2.30. The van der Waals surface area contributed by atoms with Crippen LogP contribution in [0.1, 0.15) is 118 Å². The molecule has 0 unspecified atom stereocenters. The summed E-state index contributed by atoms with van der Waals surface area (Å²) in [5.74, 6) is 1.80. The Balaban J connectivity index is 1.46. The maximum Gasteiger partial charge on any atom is -0.0159 e. The third-order valence-corrected chi connectivity index (χ3v) is 7.63. The predicted octanol–water partition coefficient (Wildman–Crippen LogP) is 9.37. The summed E-state index contributed by atoms with van der Waals surface area (Å²) < 4.78 is 0. The number of rotatable bonds is 12. The molecule has 0 aromatic heterocycles. The third-order valence-electron chi connectivity index (χ3n) is 7.63. The Hall–Kier alpha value is -1.56. The molecule has 1 aliphatic rings. The van der Waals surface area contributed by atoms with Crippen molar-refractivity contribution in [1.29, 1.82) is 0 Å². The van der Waals surface area contributed by atoms with Gasteiger partial charge >= 0.3 is 0 Å². The number of unbranched alkanes of at least 4 members (excludes halogenated alkanes) is 4. The first-order chi connectivity index (χ1) is 15.2. The smallest absolute Gasteiger partial charge is 0.0159 e. The minimum atomic E-state index is 0.803. The van der Waals surface area contributed by atoms with Crippen molar-refractivity contribution in [2.45, 2.75) is 117 Å². The largest absolute Gasteiger partial charge is 0.0654 e. The molecule has 1 saturated carbocycles. The van der Waals surface area contributed by atoms with Crippen LogP contribution in [0.5, 0.6) is 0 Å². The zero-order valence-corrected chi connectivity index (χ0v) is 20.6. The molecule has 31 heavy (non-hydrogen) atoms. The monoisotopic (exact) mass is 418 g/mol. The zero-order chi connectivity index (χ0) is 21.9. The van der Waals surface area contributed by atoms with Crippen LogP contribution in [0, 0.1) is 12.8 Å². The van der Waals surface area contributed by atoms with E-state index >= 15 is 0 Å². The minimum Gasteiger partial charge on any atom is -0.0654 e. The van der Waals surface area contributed by atoms with Crippen LogP contribution in [-0.2, 0) is 19.3 Å². The van der Waals surface area contributed by atoms with E-state index in [4.69, 9.17) is 0 Å². The molecule has 1 aliphatic carbocycles. The van der Waals surface area contributed by atoms with Crippen LogP contribution in [-0.4, -0.2) is 0 Å². The number of hydrogen-bond donors (Lipinski definition) is 0. The van der Waals surface area contributed by atoms with Crippen molar-refractivity contribution in [3.63, 3.8) is 0 Å². The van der Waals surface area contributed by atoms with Gasteiger partial charge in [-0.1, -0.05) is 94.8 Å². The van der Waals surface area contributed by atoms with Crippen LogP contribution in [0.4, 0.5) is 0 Å². The van der Waals surface area contributed by atoms with Crippen LogP contribution < -0.4 is 0 Å². The van der Waals surface area contributed by atoms with Crippen molar-refractivity contribution in [3.8, 4) is 0 Å². The van der Waals surface area contributed by atoms with E-state index in [1.54, 1.807) is 5.56 Å². The highest BCUT2D eigenvalue weighted by molar-refractivity contribution is 5.34. The summed E-state index contributed by atoms with van der Waals surface area (Å²) in [6.45, 7) is 6.93. The summed E-state index contributed by atoms with van der Waals surface area (Å²) in [5.41, 5.74) is 7.63. The summed E-state index contributed by atoms with van der Waals surface area (Å²) in [7, 11) is 0. The van der Waals surface area contributed by atoms with Gasteiger partial charge in [0.05, 0.1) is 0 Å². The van der Waals surface area contributed by atoms with Gasteiger partial charge in [-0.05, 0) is 97.9 Å². The first-order valence-electron chi connectivity index (χ1n) is 13.4. The fourth-order valence-corrected chi connectivity index (χ4v) is 5.54. The van der Waals surface area contributed by atoms with E-state index in [0.29, 0.717) is 0 Å². The van der Waals surface area contributed by atoms with Crippen molar-refractivity contribution in [2.24, 2.45) is 5.92 Å². The average Bonchev–Trinajstić information content (AvgIpc) is 2.80. The van der Waals surface area contributed by atoms with E-state index in [0.717, 1.165) is 24.7 Å². The molecule has 1 fully saturated rings. The topological polar surface area (TPSA) is 0 Å². The zero-order valence-electron chi connectivity index (χ0n) is 20.6. The maximum absolute atomic E-state index is 2.47.